The van der Waals surface area contributed by atoms with Crippen molar-refractivity contribution in [3.05, 3.63) is 0 Å². The molecule has 1 saturated carbocycles. The van der Waals surface area contributed by atoms with Gasteiger partial charge in [-0.1, -0.05) is 68.2 Å². The van der Waals surface area contributed by atoms with E-state index < -0.39 is 0 Å². The molecule has 0 spiro atoms. The summed E-state index contributed by atoms with van der Waals surface area (Å²) in [5, 5.41) is 3.47. The van der Waals surface area contributed by atoms with Crippen LogP contribution < -0.4 is 5.09 Å². The summed E-state index contributed by atoms with van der Waals surface area (Å²) in [6.07, 6.45) is 12.6. The fraction of sp³-hybridized carbons (Fsp3) is 1.00. The molecule has 0 aromatic heterocycles. The molecule has 0 bridgehead atoms. The molecular weight excluding hydrogens is 225 g/mol. The van der Waals surface area contributed by atoms with Crippen LogP contribution in [0.3, 0.4) is 0 Å². The second-order valence-corrected chi connectivity index (χ2v) is 6.79. The van der Waals surface area contributed by atoms with Crippen LogP contribution in [0.1, 0.15) is 78.6 Å². The van der Waals surface area contributed by atoms with Gasteiger partial charge in [0.05, 0.1) is 0 Å². The second kappa shape index (κ2) is 7.74. The Labute approximate surface area is 111 Å². The highest BCUT2D eigenvalue weighted by molar-refractivity contribution is 7.13. The molecule has 0 aliphatic heterocycles. The highest BCUT2D eigenvalue weighted by Crippen LogP contribution is 2.29. The molecule has 1 aliphatic rings. The van der Waals surface area contributed by atoms with Crippen molar-refractivity contribution in [3.8, 4) is 0 Å². The van der Waals surface area contributed by atoms with E-state index in [0.717, 1.165) is 11.8 Å². The van der Waals surface area contributed by atoms with Gasteiger partial charge in [0.2, 0.25) is 0 Å². The molecule has 1 fully saturated rings. The van der Waals surface area contributed by atoms with Crippen LogP contribution in [0.15, 0.2) is 0 Å². The van der Waals surface area contributed by atoms with Crippen molar-refractivity contribution in [2.75, 3.05) is 0 Å². The molecule has 0 aromatic carbocycles. The zero-order valence-corrected chi connectivity index (χ0v) is 13.3. The van der Waals surface area contributed by atoms with E-state index in [1.807, 2.05) is 0 Å². The first kappa shape index (κ1) is 15.4. The molecule has 4 unspecified atom stereocenters. The first-order chi connectivity index (χ1) is 8.07. The Bertz CT molecular complexity index is 207. The fourth-order valence-electron chi connectivity index (χ4n) is 2.99. The van der Waals surface area contributed by atoms with Crippen molar-refractivity contribution in [3.63, 3.8) is 0 Å². The van der Waals surface area contributed by atoms with Crippen molar-refractivity contribution >= 4 is 9.39 Å². The normalized spacial score (nSPS) is 38.1. The highest BCUT2D eigenvalue weighted by atomic mass is 31.0. The molecule has 4 atom stereocenters. The predicted octanol–water partition coefficient (Wildman–Crippen LogP) is 4.92. The van der Waals surface area contributed by atoms with Crippen LogP contribution in [0.4, 0.5) is 0 Å². The number of hydrogen-bond donors (Lipinski definition) is 1. The minimum atomic E-state index is 0.354. The summed E-state index contributed by atoms with van der Waals surface area (Å²) in [7, 11) is 2.74. The highest BCUT2D eigenvalue weighted by Gasteiger charge is 2.22. The third-order valence-corrected chi connectivity index (χ3v) is 5.54. The second-order valence-electron chi connectivity index (χ2n) is 6.50. The Kier molecular flexibility index (Phi) is 7.04. The van der Waals surface area contributed by atoms with Gasteiger partial charge in [0.15, 0.2) is 0 Å². The maximum absolute atomic E-state index is 3.47. The summed E-state index contributed by atoms with van der Waals surface area (Å²) in [5.41, 5.74) is 0.354. The molecule has 1 rings (SSSR count). The Balaban J connectivity index is 2.48. The van der Waals surface area contributed by atoms with Crippen LogP contribution in [0, 0.1) is 11.8 Å². The molecule has 0 amide bonds. The number of hydrogen-bond acceptors (Lipinski definition) is 1. The van der Waals surface area contributed by atoms with Crippen molar-refractivity contribution in [2.24, 2.45) is 11.8 Å². The van der Waals surface area contributed by atoms with E-state index in [1.54, 1.807) is 0 Å². The SMILES string of the molecule is CC1CCCCCCC(C)(NP)CCCC1C. The average Bonchev–Trinajstić information content (AvgIpc) is 2.31. The van der Waals surface area contributed by atoms with Gasteiger partial charge in [0.25, 0.3) is 0 Å². The van der Waals surface area contributed by atoms with Gasteiger partial charge in [0, 0.05) is 5.54 Å². The van der Waals surface area contributed by atoms with E-state index in [4.69, 9.17) is 0 Å². The van der Waals surface area contributed by atoms with E-state index in [9.17, 15) is 0 Å². The summed E-state index contributed by atoms with van der Waals surface area (Å²) in [4.78, 5) is 0. The van der Waals surface area contributed by atoms with Crippen molar-refractivity contribution in [2.45, 2.75) is 84.1 Å². The summed E-state index contributed by atoms with van der Waals surface area (Å²) in [6, 6.07) is 0. The Morgan fingerprint density at radius 3 is 2.06 bits per heavy atom. The predicted molar refractivity (Wildman–Crippen MR) is 81.1 cm³/mol. The summed E-state index contributed by atoms with van der Waals surface area (Å²) >= 11 is 0. The lowest BCUT2D eigenvalue weighted by Gasteiger charge is -2.31. The first-order valence-electron chi connectivity index (χ1n) is 7.55. The lowest BCUT2D eigenvalue weighted by Crippen LogP contribution is -2.36. The van der Waals surface area contributed by atoms with Crippen LogP contribution in [-0.2, 0) is 0 Å². The van der Waals surface area contributed by atoms with Gasteiger partial charge < -0.3 is 0 Å². The molecule has 102 valence electrons. The van der Waals surface area contributed by atoms with E-state index in [2.05, 4.69) is 35.2 Å². The number of nitrogens with one attached hydrogen (secondary N) is 1. The van der Waals surface area contributed by atoms with Crippen LogP contribution in [0.5, 0.6) is 0 Å². The average molecular weight is 257 g/mol. The molecular formula is C15H32NP. The zero-order valence-electron chi connectivity index (χ0n) is 12.1. The van der Waals surface area contributed by atoms with Crippen LogP contribution >= 0.6 is 9.39 Å². The van der Waals surface area contributed by atoms with Crippen molar-refractivity contribution < 1.29 is 0 Å². The van der Waals surface area contributed by atoms with Crippen LogP contribution in [0.2, 0.25) is 0 Å². The van der Waals surface area contributed by atoms with Crippen LogP contribution in [-0.4, -0.2) is 5.54 Å². The summed E-state index contributed by atoms with van der Waals surface area (Å²) in [6.45, 7) is 7.28. The molecule has 17 heavy (non-hydrogen) atoms. The first-order valence-corrected chi connectivity index (χ1v) is 8.13. The lowest BCUT2D eigenvalue weighted by atomic mass is 9.82. The minimum absolute atomic E-state index is 0.354. The molecule has 0 aromatic rings. The van der Waals surface area contributed by atoms with Gasteiger partial charge in [-0.2, -0.15) is 0 Å². The van der Waals surface area contributed by atoms with E-state index in [1.165, 1.54) is 57.8 Å². The monoisotopic (exact) mass is 257 g/mol. The lowest BCUT2D eigenvalue weighted by molar-refractivity contribution is 0.281. The molecule has 0 radical (unpaired) electrons. The zero-order chi connectivity index (χ0) is 12.7. The van der Waals surface area contributed by atoms with Gasteiger partial charge in [-0.3, -0.25) is 5.09 Å². The van der Waals surface area contributed by atoms with Gasteiger partial charge in [-0.25, -0.2) is 0 Å². The Morgan fingerprint density at radius 2 is 1.41 bits per heavy atom. The van der Waals surface area contributed by atoms with Gasteiger partial charge in [0.1, 0.15) is 0 Å². The Morgan fingerprint density at radius 1 is 0.882 bits per heavy atom. The van der Waals surface area contributed by atoms with Gasteiger partial charge in [-0.15, -0.1) is 0 Å². The van der Waals surface area contributed by atoms with Gasteiger partial charge in [-0.05, 0) is 31.6 Å². The van der Waals surface area contributed by atoms with Gasteiger partial charge >= 0.3 is 0 Å². The van der Waals surface area contributed by atoms with E-state index in [0.29, 0.717) is 5.54 Å². The largest absolute Gasteiger partial charge is 0.295 e. The Hall–Kier alpha value is 0.390. The molecule has 0 saturated heterocycles. The maximum Gasteiger partial charge on any atom is 0.0185 e. The fourth-order valence-corrected chi connectivity index (χ4v) is 3.28. The summed E-state index contributed by atoms with van der Waals surface area (Å²) in [5.74, 6) is 1.83. The van der Waals surface area contributed by atoms with Crippen molar-refractivity contribution in [1.82, 2.24) is 5.09 Å². The van der Waals surface area contributed by atoms with Crippen LogP contribution in [0.25, 0.3) is 0 Å². The van der Waals surface area contributed by atoms with Crippen molar-refractivity contribution in [1.29, 1.82) is 0 Å². The summed E-state index contributed by atoms with van der Waals surface area (Å²) < 4.78 is 0. The third-order valence-electron chi connectivity index (χ3n) is 4.85. The smallest absolute Gasteiger partial charge is 0.0185 e. The standard InChI is InChI=1S/C15H32NP/c1-13-9-6-4-5-7-11-15(3,16-17)12-8-10-14(13)2/h13-14,16H,4-12,17H2,1-3H3. The molecule has 1 N–H and O–H groups in total. The molecule has 1 aliphatic carbocycles. The van der Waals surface area contributed by atoms with E-state index >= 15 is 0 Å². The topological polar surface area (TPSA) is 12.0 Å². The maximum atomic E-state index is 3.47. The third kappa shape index (κ3) is 5.71. The molecule has 1 nitrogen and oxygen atoms in total. The quantitative estimate of drug-likeness (QED) is 0.657. The molecule has 2 heteroatoms. The van der Waals surface area contributed by atoms with E-state index in [-0.39, 0.29) is 0 Å². The molecule has 0 heterocycles. The number of rotatable bonds is 1. The minimum Gasteiger partial charge on any atom is -0.295 e.